The molecule has 2 aromatic heterocycles. The quantitative estimate of drug-likeness (QED) is 0.892. The number of amides is 1. The van der Waals surface area contributed by atoms with E-state index in [0.29, 0.717) is 30.3 Å². The number of aromatic nitrogens is 3. The van der Waals surface area contributed by atoms with Crippen LogP contribution in [0.2, 0.25) is 0 Å². The number of nitrogens with one attached hydrogen (secondary N) is 1. The number of carbonyl (C=O) groups excluding carboxylic acids is 1. The van der Waals surface area contributed by atoms with Crippen molar-refractivity contribution >= 4 is 5.91 Å². The molecule has 3 aliphatic rings. The first-order valence-electron chi connectivity index (χ1n) is 9.31. The van der Waals surface area contributed by atoms with Crippen LogP contribution in [0.5, 0.6) is 0 Å². The first-order valence-corrected chi connectivity index (χ1v) is 9.31. The van der Waals surface area contributed by atoms with E-state index < -0.39 is 0 Å². The van der Waals surface area contributed by atoms with Crippen LogP contribution in [0.25, 0.3) is 0 Å². The second kappa shape index (κ2) is 6.21. The monoisotopic (exact) mass is 357 g/mol. The van der Waals surface area contributed by atoms with Crippen LogP contribution >= 0.6 is 0 Å². The molecule has 1 aliphatic carbocycles. The van der Waals surface area contributed by atoms with E-state index in [1.807, 2.05) is 11.1 Å². The normalized spacial score (nSPS) is 24.7. The second-order valence-corrected chi connectivity index (χ2v) is 7.48. The minimum atomic E-state index is -0.181. The van der Waals surface area contributed by atoms with E-state index in [4.69, 9.17) is 9.26 Å². The van der Waals surface area contributed by atoms with Gasteiger partial charge in [0, 0.05) is 38.4 Å². The lowest BCUT2D eigenvalue weighted by Crippen LogP contribution is -2.63. The molecule has 2 saturated heterocycles. The number of hydrogen-bond donors (Lipinski definition) is 1. The number of morpholine rings is 1. The van der Waals surface area contributed by atoms with Gasteiger partial charge in [-0.3, -0.25) is 9.69 Å². The second-order valence-electron chi connectivity index (χ2n) is 7.48. The van der Waals surface area contributed by atoms with E-state index in [2.05, 4.69) is 26.1 Å². The molecule has 0 spiro atoms. The molecule has 1 amide bonds. The highest BCUT2D eigenvalue weighted by atomic mass is 16.5. The summed E-state index contributed by atoms with van der Waals surface area (Å²) in [5.74, 6) is 1.87. The van der Waals surface area contributed by atoms with Crippen LogP contribution in [0.1, 0.15) is 52.6 Å². The van der Waals surface area contributed by atoms with Gasteiger partial charge in [-0.25, -0.2) is 0 Å². The van der Waals surface area contributed by atoms with E-state index >= 15 is 0 Å². The van der Waals surface area contributed by atoms with Crippen molar-refractivity contribution in [3.8, 4) is 0 Å². The smallest absolute Gasteiger partial charge is 0.270 e. The van der Waals surface area contributed by atoms with Crippen molar-refractivity contribution in [2.75, 3.05) is 32.8 Å². The highest BCUT2D eigenvalue weighted by Gasteiger charge is 2.40. The molecular formula is C18H23N5O3. The lowest BCUT2D eigenvalue weighted by atomic mass is 10.0. The molecule has 0 radical (unpaired) electrons. The third kappa shape index (κ3) is 2.83. The lowest BCUT2D eigenvalue weighted by Gasteiger charge is -2.47. The lowest BCUT2D eigenvalue weighted by molar-refractivity contribution is -0.0782. The highest BCUT2D eigenvalue weighted by molar-refractivity contribution is 5.94. The number of hydrogen-bond acceptors (Lipinski definition) is 6. The van der Waals surface area contributed by atoms with E-state index in [1.54, 1.807) is 6.92 Å². The largest absolute Gasteiger partial charge is 0.366 e. The van der Waals surface area contributed by atoms with Gasteiger partial charge in [-0.15, -0.1) is 0 Å². The Bertz CT molecular complexity index is 805. The topological polar surface area (TPSA) is 87.5 Å². The molecule has 8 nitrogen and oxygen atoms in total. The molecule has 0 bridgehead atoms. The third-order valence-electron chi connectivity index (χ3n) is 5.59. The van der Waals surface area contributed by atoms with Gasteiger partial charge in [0.05, 0.1) is 6.61 Å². The summed E-state index contributed by atoms with van der Waals surface area (Å²) in [5, 5.41) is 3.85. The molecule has 0 aromatic carbocycles. The zero-order chi connectivity index (χ0) is 17.7. The van der Waals surface area contributed by atoms with E-state index in [0.717, 1.165) is 31.9 Å². The maximum absolute atomic E-state index is 12.8. The molecule has 138 valence electrons. The van der Waals surface area contributed by atoms with Crippen LogP contribution in [0.15, 0.2) is 16.8 Å². The molecule has 5 rings (SSSR count). The highest BCUT2D eigenvalue weighted by Crippen LogP contribution is 2.42. The zero-order valence-electron chi connectivity index (χ0n) is 14.9. The summed E-state index contributed by atoms with van der Waals surface area (Å²) in [6.45, 7) is 5.56. The molecule has 3 fully saturated rings. The minimum absolute atomic E-state index is 0.130. The third-order valence-corrected chi connectivity index (χ3v) is 5.59. The first kappa shape index (κ1) is 16.0. The number of H-pyrrole nitrogens is 1. The standard InChI is InChI=1S/C18H23N5O3/c1-11-20-17(26-21-11)15-10-22(6-7-25-15)13-8-23(9-13)18(24)16-14(4-5-19-16)12-2-3-12/h4-5,12-13,15,19H,2-3,6-10H2,1H3. The van der Waals surface area contributed by atoms with Crippen LogP contribution in [0.3, 0.4) is 0 Å². The molecular weight excluding hydrogens is 334 g/mol. The number of carbonyl (C=O) groups is 1. The molecule has 4 heterocycles. The van der Waals surface area contributed by atoms with Crippen LogP contribution in [-0.4, -0.2) is 69.7 Å². The van der Waals surface area contributed by atoms with Gasteiger partial charge in [-0.1, -0.05) is 5.16 Å². The zero-order valence-corrected chi connectivity index (χ0v) is 14.9. The van der Waals surface area contributed by atoms with Gasteiger partial charge >= 0.3 is 0 Å². The summed E-state index contributed by atoms with van der Waals surface area (Å²) in [4.78, 5) is 24.5. The maximum atomic E-state index is 12.8. The van der Waals surface area contributed by atoms with Gasteiger partial charge in [0.2, 0.25) is 0 Å². The Morgan fingerprint density at radius 2 is 2.15 bits per heavy atom. The van der Waals surface area contributed by atoms with Crippen molar-refractivity contribution in [3.63, 3.8) is 0 Å². The molecule has 2 aromatic rings. The summed E-state index contributed by atoms with van der Waals surface area (Å²) < 4.78 is 11.0. The molecule has 1 N–H and O–H groups in total. The SMILES string of the molecule is Cc1noc(C2CN(C3CN(C(=O)c4[nH]ccc4C4CC4)C3)CCO2)n1. The number of likely N-dealkylation sites (tertiary alicyclic amines) is 1. The Kier molecular flexibility index (Phi) is 3.82. The summed E-state index contributed by atoms with van der Waals surface area (Å²) in [6, 6.07) is 2.43. The molecule has 1 unspecified atom stereocenters. The van der Waals surface area contributed by atoms with Crippen molar-refractivity contribution in [2.24, 2.45) is 0 Å². The van der Waals surface area contributed by atoms with Gasteiger partial charge in [0.1, 0.15) is 11.8 Å². The predicted molar refractivity (Wildman–Crippen MR) is 91.8 cm³/mol. The Morgan fingerprint density at radius 3 is 2.88 bits per heavy atom. The van der Waals surface area contributed by atoms with Crippen LogP contribution in [0, 0.1) is 6.92 Å². The fourth-order valence-electron chi connectivity index (χ4n) is 3.91. The van der Waals surface area contributed by atoms with Crippen molar-refractivity contribution < 1.29 is 14.1 Å². The number of rotatable bonds is 4. The fraction of sp³-hybridized carbons (Fsp3) is 0.611. The number of aromatic amines is 1. The van der Waals surface area contributed by atoms with Crippen LogP contribution in [0.4, 0.5) is 0 Å². The molecule has 1 saturated carbocycles. The molecule has 26 heavy (non-hydrogen) atoms. The minimum Gasteiger partial charge on any atom is -0.366 e. The molecule has 2 aliphatic heterocycles. The number of ether oxygens (including phenoxy) is 1. The van der Waals surface area contributed by atoms with Crippen molar-refractivity contribution in [2.45, 2.75) is 37.8 Å². The Labute approximate surface area is 151 Å². The van der Waals surface area contributed by atoms with Crippen LogP contribution < -0.4 is 0 Å². The van der Waals surface area contributed by atoms with E-state index in [9.17, 15) is 4.79 Å². The maximum Gasteiger partial charge on any atom is 0.270 e. The number of aryl methyl sites for hydroxylation is 1. The summed E-state index contributed by atoms with van der Waals surface area (Å²) in [7, 11) is 0. The van der Waals surface area contributed by atoms with Gasteiger partial charge in [0.15, 0.2) is 5.82 Å². The Morgan fingerprint density at radius 1 is 1.31 bits per heavy atom. The Hall–Kier alpha value is -2.19. The molecule has 1 atom stereocenters. The summed E-state index contributed by atoms with van der Waals surface area (Å²) in [6.07, 6.45) is 4.10. The van der Waals surface area contributed by atoms with Gasteiger partial charge in [-0.05, 0) is 37.3 Å². The summed E-state index contributed by atoms with van der Waals surface area (Å²) in [5.41, 5.74) is 1.98. The Balaban J connectivity index is 1.20. The first-order chi connectivity index (χ1) is 12.7. The summed E-state index contributed by atoms with van der Waals surface area (Å²) >= 11 is 0. The average molecular weight is 357 g/mol. The molecule has 8 heteroatoms. The van der Waals surface area contributed by atoms with E-state index in [1.165, 1.54) is 18.4 Å². The van der Waals surface area contributed by atoms with E-state index in [-0.39, 0.29) is 12.0 Å². The van der Waals surface area contributed by atoms with Crippen LogP contribution in [-0.2, 0) is 4.74 Å². The van der Waals surface area contributed by atoms with Crippen molar-refractivity contribution in [1.82, 2.24) is 24.9 Å². The van der Waals surface area contributed by atoms with Gasteiger partial charge < -0.3 is 19.1 Å². The van der Waals surface area contributed by atoms with Crippen molar-refractivity contribution in [1.29, 1.82) is 0 Å². The van der Waals surface area contributed by atoms with Gasteiger partial charge in [-0.2, -0.15) is 4.98 Å². The average Bonchev–Trinajstić information content (AvgIpc) is 3.16. The van der Waals surface area contributed by atoms with Gasteiger partial charge in [0.25, 0.3) is 11.8 Å². The van der Waals surface area contributed by atoms with Crippen molar-refractivity contribution in [3.05, 3.63) is 35.2 Å². The fourth-order valence-corrected chi connectivity index (χ4v) is 3.91. The number of nitrogens with zero attached hydrogens (tertiary/aromatic N) is 4. The predicted octanol–water partition coefficient (Wildman–Crippen LogP) is 1.48.